The van der Waals surface area contributed by atoms with Gasteiger partial charge >= 0.3 is 0 Å². The molecule has 0 bridgehead atoms. The van der Waals surface area contributed by atoms with Crippen molar-refractivity contribution in [2.75, 3.05) is 25.0 Å². The number of nitrogens with one attached hydrogen (secondary N) is 2. The number of nitrogens with zero attached hydrogens (tertiary/aromatic N) is 3. The number of aryl methyl sites for hydroxylation is 1. The Labute approximate surface area is 128 Å². The second kappa shape index (κ2) is 6.67. The largest absolute Gasteiger partial charge is 0.366 e. The van der Waals surface area contributed by atoms with Crippen molar-refractivity contribution in [2.45, 2.75) is 19.6 Å². The average Bonchev–Trinajstić information content (AvgIpc) is 3.04. The highest BCUT2D eigenvalue weighted by atomic mass is 16.5. The number of benzene rings is 1. The topological polar surface area (TPSA) is 81.1 Å². The lowest BCUT2D eigenvalue weighted by molar-refractivity contribution is -0.128. The molecule has 0 saturated carbocycles. The van der Waals surface area contributed by atoms with Crippen LogP contribution >= 0.6 is 0 Å². The molecule has 1 aliphatic rings. The molecule has 116 valence electrons. The number of carbonyl (C=O) groups excluding carboxylic acids is 1. The van der Waals surface area contributed by atoms with Gasteiger partial charge in [0, 0.05) is 30.9 Å². The van der Waals surface area contributed by atoms with Crippen LogP contribution in [0.5, 0.6) is 0 Å². The van der Waals surface area contributed by atoms with Gasteiger partial charge in [-0.05, 0) is 19.1 Å². The number of hydrogen-bond acceptors (Lipinski definition) is 5. The quantitative estimate of drug-likeness (QED) is 0.876. The predicted octanol–water partition coefficient (Wildman–Crippen LogP) is 0.892. The zero-order valence-corrected chi connectivity index (χ0v) is 12.5. The first kappa shape index (κ1) is 14.7. The monoisotopic (exact) mass is 301 g/mol. The fourth-order valence-corrected chi connectivity index (χ4v) is 2.40. The average molecular weight is 301 g/mol. The summed E-state index contributed by atoms with van der Waals surface area (Å²) < 4.78 is 7.40. The summed E-state index contributed by atoms with van der Waals surface area (Å²) >= 11 is 0. The minimum atomic E-state index is -0.447. The van der Waals surface area contributed by atoms with Crippen molar-refractivity contribution < 1.29 is 9.53 Å². The summed E-state index contributed by atoms with van der Waals surface area (Å²) in [4.78, 5) is 12.2. The maximum absolute atomic E-state index is 12.2. The molecule has 7 heteroatoms. The molecular formula is C15H19N5O2. The number of morpholine rings is 1. The number of anilines is 1. The molecule has 3 rings (SSSR count). The van der Waals surface area contributed by atoms with E-state index in [4.69, 9.17) is 4.74 Å². The highest BCUT2D eigenvalue weighted by Crippen LogP contribution is 2.21. The molecular weight excluding hydrogens is 282 g/mol. The van der Waals surface area contributed by atoms with Gasteiger partial charge in [-0.25, -0.2) is 0 Å². The molecule has 1 fully saturated rings. The van der Waals surface area contributed by atoms with E-state index in [9.17, 15) is 4.79 Å². The molecule has 1 amide bonds. The first-order chi connectivity index (χ1) is 10.8. The van der Waals surface area contributed by atoms with E-state index in [0.717, 1.165) is 30.2 Å². The van der Waals surface area contributed by atoms with Crippen molar-refractivity contribution in [2.24, 2.45) is 0 Å². The van der Waals surface area contributed by atoms with Crippen molar-refractivity contribution in [3.05, 3.63) is 30.6 Å². The third kappa shape index (κ3) is 3.15. The first-order valence-electron chi connectivity index (χ1n) is 7.39. The van der Waals surface area contributed by atoms with Crippen molar-refractivity contribution in [3.63, 3.8) is 0 Å². The molecule has 1 aromatic heterocycles. The summed E-state index contributed by atoms with van der Waals surface area (Å²) in [5.74, 6) is 0.649. The first-order valence-corrected chi connectivity index (χ1v) is 7.39. The molecule has 7 nitrogen and oxygen atoms in total. The lowest BCUT2D eigenvalue weighted by Gasteiger charge is -2.22. The maximum Gasteiger partial charge on any atom is 0.254 e. The number of aromatic nitrogens is 3. The van der Waals surface area contributed by atoms with Gasteiger partial charge < -0.3 is 19.9 Å². The molecule has 2 aromatic rings. The summed E-state index contributed by atoms with van der Waals surface area (Å²) in [6, 6.07) is 7.58. The van der Waals surface area contributed by atoms with Crippen molar-refractivity contribution in [1.82, 2.24) is 20.1 Å². The van der Waals surface area contributed by atoms with Crippen LogP contribution in [0, 0.1) is 0 Å². The predicted molar refractivity (Wildman–Crippen MR) is 82.4 cm³/mol. The smallest absolute Gasteiger partial charge is 0.254 e. The summed E-state index contributed by atoms with van der Waals surface area (Å²) in [7, 11) is 0. The minimum Gasteiger partial charge on any atom is -0.366 e. The van der Waals surface area contributed by atoms with E-state index in [1.807, 2.05) is 35.8 Å². The van der Waals surface area contributed by atoms with Crippen molar-refractivity contribution in [3.8, 4) is 11.4 Å². The molecule has 0 radical (unpaired) electrons. The Morgan fingerprint density at radius 1 is 1.55 bits per heavy atom. The molecule has 2 N–H and O–H groups in total. The van der Waals surface area contributed by atoms with Crippen molar-refractivity contribution in [1.29, 1.82) is 0 Å². The van der Waals surface area contributed by atoms with E-state index in [2.05, 4.69) is 20.8 Å². The Hall–Kier alpha value is -2.25. The van der Waals surface area contributed by atoms with Gasteiger partial charge in [0.05, 0.1) is 6.61 Å². The summed E-state index contributed by atoms with van der Waals surface area (Å²) in [6.07, 6.45) is 1.25. The summed E-state index contributed by atoms with van der Waals surface area (Å²) in [6.45, 7) is 4.70. The molecule has 1 aliphatic heterocycles. The molecule has 2 heterocycles. The van der Waals surface area contributed by atoms with Crippen LogP contribution < -0.4 is 10.6 Å². The van der Waals surface area contributed by atoms with E-state index in [1.165, 1.54) is 0 Å². The van der Waals surface area contributed by atoms with Gasteiger partial charge in [-0.1, -0.05) is 12.1 Å². The minimum absolute atomic E-state index is 0.138. The normalized spacial score (nSPS) is 18.1. The van der Waals surface area contributed by atoms with Crippen LogP contribution in [0.15, 0.2) is 30.6 Å². The molecule has 1 unspecified atom stereocenters. The fraction of sp³-hybridized carbons (Fsp3) is 0.400. The van der Waals surface area contributed by atoms with Crippen LogP contribution in [0.1, 0.15) is 6.92 Å². The zero-order chi connectivity index (χ0) is 15.4. The Balaban J connectivity index is 1.75. The van der Waals surface area contributed by atoms with Crippen LogP contribution in [-0.2, 0) is 16.1 Å². The number of carbonyl (C=O) groups is 1. The molecule has 0 spiro atoms. The lowest BCUT2D eigenvalue weighted by Crippen LogP contribution is -2.45. The Morgan fingerprint density at radius 3 is 3.23 bits per heavy atom. The molecule has 1 aromatic carbocycles. The van der Waals surface area contributed by atoms with Gasteiger partial charge in [-0.15, -0.1) is 10.2 Å². The van der Waals surface area contributed by atoms with Crippen LogP contribution in [0.25, 0.3) is 11.4 Å². The van der Waals surface area contributed by atoms with Crippen LogP contribution in [0.2, 0.25) is 0 Å². The van der Waals surface area contributed by atoms with Gasteiger partial charge in [0.2, 0.25) is 0 Å². The number of ether oxygens (including phenoxy) is 1. The van der Waals surface area contributed by atoms with E-state index < -0.39 is 6.10 Å². The third-order valence-electron chi connectivity index (χ3n) is 3.56. The Kier molecular flexibility index (Phi) is 4.45. The highest BCUT2D eigenvalue weighted by Gasteiger charge is 2.21. The molecule has 1 atom stereocenters. The maximum atomic E-state index is 12.2. The molecule has 22 heavy (non-hydrogen) atoms. The van der Waals surface area contributed by atoms with Crippen LogP contribution in [0.4, 0.5) is 5.69 Å². The van der Waals surface area contributed by atoms with E-state index >= 15 is 0 Å². The lowest BCUT2D eigenvalue weighted by atomic mass is 10.1. The van der Waals surface area contributed by atoms with Gasteiger partial charge in [-0.3, -0.25) is 4.79 Å². The highest BCUT2D eigenvalue weighted by molar-refractivity contribution is 5.94. The van der Waals surface area contributed by atoms with Gasteiger partial charge in [0.15, 0.2) is 5.82 Å². The molecule has 0 aliphatic carbocycles. The van der Waals surface area contributed by atoms with Crippen LogP contribution in [-0.4, -0.2) is 46.5 Å². The van der Waals surface area contributed by atoms with Gasteiger partial charge in [0.25, 0.3) is 5.91 Å². The number of rotatable bonds is 4. The number of hydrogen-bond donors (Lipinski definition) is 2. The summed E-state index contributed by atoms with van der Waals surface area (Å²) in [5, 5.41) is 14.1. The fourth-order valence-electron chi connectivity index (χ4n) is 2.40. The standard InChI is InChI=1S/C15H19N5O2/c1-2-20-10-17-19-14(20)11-4-3-5-12(8-11)18-15(21)13-9-16-6-7-22-13/h3-5,8,10,13,16H,2,6-7,9H2,1H3,(H,18,21). The number of amides is 1. The Morgan fingerprint density at radius 2 is 2.45 bits per heavy atom. The summed E-state index contributed by atoms with van der Waals surface area (Å²) in [5.41, 5.74) is 1.64. The SMILES string of the molecule is CCn1cnnc1-c1cccc(NC(=O)C2CNCCO2)c1. The van der Waals surface area contributed by atoms with Gasteiger partial charge in [-0.2, -0.15) is 0 Å². The molecule has 1 saturated heterocycles. The third-order valence-corrected chi connectivity index (χ3v) is 3.56. The van der Waals surface area contributed by atoms with E-state index in [-0.39, 0.29) is 5.91 Å². The Bertz CT molecular complexity index is 649. The van der Waals surface area contributed by atoms with Crippen LogP contribution in [0.3, 0.4) is 0 Å². The second-order valence-corrected chi connectivity index (χ2v) is 5.07. The van der Waals surface area contributed by atoms with Gasteiger partial charge in [0.1, 0.15) is 12.4 Å². The van der Waals surface area contributed by atoms with E-state index in [1.54, 1.807) is 6.33 Å². The second-order valence-electron chi connectivity index (χ2n) is 5.07. The van der Waals surface area contributed by atoms with Crippen molar-refractivity contribution >= 4 is 11.6 Å². The van der Waals surface area contributed by atoms with E-state index in [0.29, 0.717) is 13.2 Å². The zero-order valence-electron chi connectivity index (χ0n) is 12.5.